The molecule has 1 aliphatic carbocycles. The number of cyclic esters (lactones) is 1. The highest BCUT2D eigenvalue weighted by molar-refractivity contribution is 7.10. The fourth-order valence-electron chi connectivity index (χ4n) is 11.4. The number of carbonyl (C=O) groups excluding carboxylic acids is 3. The minimum Gasteiger partial charge on any atom is -0.464 e. The molecule has 1 saturated carbocycles. The summed E-state index contributed by atoms with van der Waals surface area (Å²) in [6, 6.07) is 14.4. The van der Waals surface area contributed by atoms with Crippen LogP contribution in [0.5, 0.6) is 0 Å². The summed E-state index contributed by atoms with van der Waals surface area (Å²) in [6.07, 6.45) is 7.26. The van der Waals surface area contributed by atoms with Gasteiger partial charge in [0.05, 0.1) is 48.9 Å². The maximum absolute atomic E-state index is 14.8. The van der Waals surface area contributed by atoms with Crippen LogP contribution >= 0.6 is 11.3 Å². The van der Waals surface area contributed by atoms with Gasteiger partial charge in [-0.2, -0.15) is 0 Å². The Labute approximate surface area is 415 Å². The number of pyridine rings is 2. The molecule has 4 aromatic heterocycles. The van der Waals surface area contributed by atoms with E-state index in [0.29, 0.717) is 62.3 Å². The number of hydrogen-bond donors (Lipinski definition) is 2. The maximum Gasteiger partial charge on any atom is 0.324 e. The number of rotatable bonds is 11. The van der Waals surface area contributed by atoms with E-state index in [2.05, 4.69) is 83.4 Å². The van der Waals surface area contributed by atoms with E-state index in [1.54, 1.807) is 13.3 Å². The summed E-state index contributed by atoms with van der Waals surface area (Å²) in [5.74, 6) is -1.50. The number of morpholine rings is 1. The van der Waals surface area contributed by atoms with Gasteiger partial charge in [-0.05, 0) is 113 Å². The standard InChI is InChI=1S/C54H68N8O7S/c1-7-61-46-15-14-34-23-38(46)41(48(61)40-24-35(27-56-47(40)32(3)66-6)33-16-19-60-20-21-67-29-36(60)22-33)26-54(4,5)31-69-53(65)44-13-11-18-62(59-44)52(64)42(49(68-8-2)51-58-45(34)30-70-51)28-57-50(63)39-25-37(39)43-12-9-10-17-55-43/h9-10,12,14-15,17,23-24,27,30,32-33,36-37,39,42,44,49,59H,7-8,11,13,16,18-22,25-26,28-29,31H2,1-6H3,(H,57,63)/t32-,33+,36?,37-,39-,42-,44-,49-/m0/s1. The highest BCUT2D eigenvalue weighted by Gasteiger charge is 2.46. The number of esters is 1. The molecule has 8 atom stereocenters. The SMILES string of the molecule is CCO[C@@H]1c2nc(cs2)-c2ccc3c(c2)c(c(-c2cc([C@@H]4CCN5CCOCC5C4)cnc2[C@H](C)OC)n3CC)CC(C)(C)COC(=O)[C@@H]2CCCN(N2)C(=O)[C@H]1CNC(=O)[C@H]1C[C@@H]1c1ccccn1. The fraction of sp³-hybridized carbons (Fsp3) is 0.556. The van der Waals surface area contributed by atoms with Gasteiger partial charge in [-0.15, -0.1) is 11.3 Å². The van der Waals surface area contributed by atoms with E-state index in [4.69, 9.17) is 28.9 Å². The Hall–Kier alpha value is -5.10. The molecule has 1 unspecified atom stereocenters. The van der Waals surface area contributed by atoms with Crippen LogP contribution in [0.15, 0.2) is 60.2 Å². The number of hydrazine groups is 1. The first kappa shape index (κ1) is 48.5. The Morgan fingerprint density at radius 2 is 1.94 bits per heavy atom. The average Bonchev–Trinajstić information content (AvgIpc) is 3.95. The fourth-order valence-corrected chi connectivity index (χ4v) is 12.3. The number of methoxy groups -OCH3 is 1. The third-order valence-electron chi connectivity index (χ3n) is 15.3. The molecule has 372 valence electrons. The quantitative estimate of drug-likeness (QED) is 0.124. The summed E-state index contributed by atoms with van der Waals surface area (Å²) in [5, 5.41) is 8.41. The molecule has 5 aromatic rings. The molecule has 6 bridgehead atoms. The minimum absolute atomic E-state index is 0.0285. The third-order valence-corrected chi connectivity index (χ3v) is 16.2. The number of amides is 2. The van der Waals surface area contributed by atoms with Crippen molar-refractivity contribution >= 4 is 40.0 Å². The molecule has 4 fully saturated rings. The van der Waals surface area contributed by atoms with Crippen LogP contribution < -0.4 is 10.7 Å². The third kappa shape index (κ3) is 9.79. The van der Waals surface area contributed by atoms with E-state index in [-0.39, 0.29) is 42.9 Å². The summed E-state index contributed by atoms with van der Waals surface area (Å²) in [6.45, 7) is 15.6. The number of thiazole rings is 1. The topological polar surface area (TPSA) is 162 Å². The summed E-state index contributed by atoms with van der Waals surface area (Å²) >= 11 is 1.45. The Morgan fingerprint density at radius 3 is 2.74 bits per heavy atom. The Balaban J connectivity index is 1.06. The van der Waals surface area contributed by atoms with Crippen LogP contribution in [0.1, 0.15) is 118 Å². The first-order valence-corrected chi connectivity index (χ1v) is 26.3. The number of benzene rings is 1. The van der Waals surface area contributed by atoms with Crippen molar-refractivity contribution in [1.82, 2.24) is 40.2 Å². The van der Waals surface area contributed by atoms with Gasteiger partial charge in [0.1, 0.15) is 17.2 Å². The van der Waals surface area contributed by atoms with Gasteiger partial charge >= 0.3 is 5.97 Å². The molecule has 16 heteroatoms. The van der Waals surface area contributed by atoms with Gasteiger partial charge < -0.3 is 28.8 Å². The molecule has 8 heterocycles. The van der Waals surface area contributed by atoms with Crippen LogP contribution in [-0.4, -0.2) is 119 Å². The second kappa shape index (κ2) is 20.6. The summed E-state index contributed by atoms with van der Waals surface area (Å²) < 4.78 is 27.1. The second-order valence-corrected chi connectivity index (χ2v) is 21.5. The molecule has 4 aliphatic heterocycles. The zero-order chi connectivity index (χ0) is 48.7. The van der Waals surface area contributed by atoms with Gasteiger partial charge in [0.25, 0.3) is 0 Å². The monoisotopic (exact) mass is 972 g/mol. The van der Waals surface area contributed by atoms with Crippen molar-refractivity contribution in [3.8, 4) is 22.5 Å². The molecule has 5 aliphatic rings. The van der Waals surface area contributed by atoms with Crippen molar-refractivity contribution in [1.29, 1.82) is 0 Å². The van der Waals surface area contributed by atoms with Gasteiger partial charge in [0.15, 0.2) is 0 Å². The number of piperidine rings is 1. The van der Waals surface area contributed by atoms with E-state index in [9.17, 15) is 14.4 Å². The lowest BCUT2D eigenvalue weighted by molar-refractivity contribution is -0.157. The second-order valence-electron chi connectivity index (χ2n) is 20.6. The first-order valence-electron chi connectivity index (χ1n) is 25.4. The van der Waals surface area contributed by atoms with Crippen LogP contribution in [0.25, 0.3) is 33.4 Å². The molecule has 10 rings (SSSR count). The van der Waals surface area contributed by atoms with Crippen LogP contribution in [0.4, 0.5) is 0 Å². The predicted octanol–water partition coefficient (Wildman–Crippen LogP) is 7.76. The highest BCUT2D eigenvalue weighted by atomic mass is 32.1. The Bertz CT molecular complexity index is 2710. The molecule has 0 radical (unpaired) electrons. The van der Waals surface area contributed by atoms with Crippen molar-refractivity contribution in [3.63, 3.8) is 0 Å². The minimum atomic E-state index is -0.845. The lowest BCUT2D eigenvalue weighted by atomic mass is 9.82. The van der Waals surface area contributed by atoms with E-state index in [1.807, 2.05) is 30.5 Å². The lowest BCUT2D eigenvalue weighted by Gasteiger charge is -2.42. The summed E-state index contributed by atoms with van der Waals surface area (Å²) in [7, 11) is 1.74. The number of ether oxygens (including phenoxy) is 4. The number of aromatic nitrogens is 4. The predicted molar refractivity (Wildman–Crippen MR) is 268 cm³/mol. The maximum atomic E-state index is 14.8. The largest absolute Gasteiger partial charge is 0.464 e. The Kier molecular flexibility index (Phi) is 14.2. The highest BCUT2D eigenvalue weighted by Crippen LogP contribution is 2.47. The summed E-state index contributed by atoms with van der Waals surface area (Å²) in [5.41, 5.74) is 11.8. The van der Waals surface area contributed by atoms with Gasteiger partial charge in [-0.1, -0.05) is 26.0 Å². The molecule has 2 amide bonds. The number of nitrogens with one attached hydrogen (secondary N) is 2. The van der Waals surface area contributed by atoms with Crippen LogP contribution in [0, 0.1) is 17.3 Å². The normalized spacial score (nSPS) is 26.5. The zero-order valence-electron chi connectivity index (χ0n) is 41.4. The van der Waals surface area contributed by atoms with Gasteiger partial charge in [0, 0.05) is 109 Å². The first-order chi connectivity index (χ1) is 33.9. The van der Waals surface area contributed by atoms with Crippen LogP contribution in [-0.2, 0) is 46.3 Å². The Morgan fingerprint density at radius 1 is 1.07 bits per heavy atom. The van der Waals surface area contributed by atoms with E-state index >= 15 is 0 Å². The van der Waals surface area contributed by atoms with Crippen molar-refractivity contribution in [3.05, 3.63) is 87.8 Å². The van der Waals surface area contributed by atoms with Crippen molar-refractivity contribution in [2.45, 2.75) is 116 Å². The van der Waals surface area contributed by atoms with E-state index in [0.717, 1.165) is 89.5 Å². The molecule has 2 N–H and O–H groups in total. The molecule has 0 spiro atoms. The molecule has 70 heavy (non-hydrogen) atoms. The number of hydrogen-bond acceptors (Lipinski definition) is 13. The van der Waals surface area contributed by atoms with E-state index in [1.165, 1.54) is 21.9 Å². The zero-order valence-corrected chi connectivity index (χ0v) is 42.3. The van der Waals surface area contributed by atoms with E-state index < -0.39 is 29.4 Å². The number of fused-ring (bicyclic) bond motifs is 7. The molecule has 15 nitrogen and oxygen atoms in total. The lowest BCUT2D eigenvalue weighted by Crippen LogP contribution is -2.58. The van der Waals surface area contributed by atoms with Crippen molar-refractivity contribution < 1.29 is 33.3 Å². The van der Waals surface area contributed by atoms with Crippen molar-refractivity contribution in [2.75, 3.05) is 59.7 Å². The molecule has 3 saturated heterocycles. The molecular weight excluding hydrogens is 905 g/mol. The number of nitrogens with zero attached hydrogens (tertiary/aromatic N) is 6. The van der Waals surface area contributed by atoms with Crippen LogP contribution in [0.2, 0.25) is 0 Å². The number of aryl methyl sites for hydroxylation is 1. The summed E-state index contributed by atoms with van der Waals surface area (Å²) in [4.78, 5) is 60.3. The van der Waals surface area contributed by atoms with Gasteiger partial charge in [-0.25, -0.2) is 10.4 Å². The smallest absolute Gasteiger partial charge is 0.324 e. The number of carbonyl (C=O) groups is 3. The van der Waals surface area contributed by atoms with Crippen LogP contribution in [0.3, 0.4) is 0 Å². The van der Waals surface area contributed by atoms with Gasteiger partial charge in [0.2, 0.25) is 11.8 Å². The molecule has 1 aromatic carbocycles. The average molecular weight is 973 g/mol. The molecular formula is C54H68N8O7S. The van der Waals surface area contributed by atoms with Crippen molar-refractivity contribution in [2.24, 2.45) is 17.3 Å². The van der Waals surface area contributed by atoms with Gasteiger partial charge in [-0.3, -0.25) is 34.3 Å².